The number of rotatable bonds is 7. The monoisotopic (exact) mass is 417 g/mol. The summed E-state index contributed by atoms with van der Waals surface area (Å²) in [4.78, 5) is 23.4. The molecule has 2 heterocycles. The van der Waals surface area contributed by atoms with E-state index in [-0.39, 0.29) is 6.04 Å². The summed E-state index contributed by atoms with van der Waals surface area (Å²) in [5.74, 6) is -0.173. The van der Waals surface area contributed by atoms with Crippen molar-refractivity contribution in [2.24, 2.45) is 0 Å². The highest BCUT2D eigenvalue weighted by molar-refractivity contribution is 5.79. The Hall–Kier alpha value is -3.25. The summed E-state index contributed by atoms with van der Waals surface area (Å²) in [5, 5.41) is 9.34. The molecule has 1 N–H and O–H groups in total. The number of hydrogen-bond acceptors (Lipinski definition) is 5. The van der Waals surface area contributed by atoms with Crippen LogP contribution < -0.4 is 4.90 Å². The number of benzene rings is 2. The molecule has 1 fully saturated rings. The minimum atomic E-state index is -1.22. The Morgan fingerprint density at radius 2 is 1.68 bits per heavy atom. The van der Waals surface area contributed by atoms with Crippen LogP contribution in [0.1, 0.15) is 26.7 Å². The first kappa shape index (κ1) is 21.0. The summed E-state index contributed by atoms with van der Waals surface area (Å²) in [5.41, 5.74) is 2.49. The van der Waals surface area contributed by atoms with Gasteiger partial charge in [0.05, 0.1) is 30.2 Å². The molecule has 6 nitrogen and oxygen atoms in total. The molecule has 3 aromatic rings. The number of anilines is 1. The van der Waals surface area contributed by atoms with Crippen molar-refractivity contribution in [2.45, 2.75) is 38.3 Å². The van der Waals surface area contributed by atoms with E-state index in [1.807, 2.05) is 66.9 Å². The molecular weight excluding hydrogens is 390 g/mol. The van der Waals surface area contributed by atoms with E-state index in [4.69, 9.17) is 14.7 Å². The molecule has 1 saturated heterocycles. The number of ether oxygens (including phenoxy) is 1. The molecule has 4 rings (SSSR count). The lowest BCUT2D eigenvalue weighted by molar-refractivity contribution is -0.161. The van der Waals surface area contributed by atoms with E-state index in [0.717, 1.165) is 47.7 Å². The third-order valence-corrected chi connectivity index (χ3v) is 5.68. The summed E-state index contributed by atoms with van der Waals surface area (Å²) in [6.45, 7) is 4.34. The molecule has 31 heavy (non-hydrogen) atoms. The van der Waals surface area contributed by atoms with Gasteiger partial charge in [0.15, 0.2) is 5.60 Å². The third kappa shape index (κ3) is 4.59. The molecule has 6 heteroatoms. The van der Waals surface area contributed by atoms with E-state index in [2.05, 4.69) is 4.90 Å². The first-order chi connectivity index (χ1) is 15.0. The Morgan fingerprint density at radius 1 is 1.06 bits per heavy atom. The van der Waals surface area contributed by atoms with E-state index in [1.54, 1.807) is 13.8 Å². The lowest BCUT2D eigenvalue weighted by Crippen LogP contribution is -2.41. The molecule has 0 aliphatic carbocycles. The van der Waals surface area contributed by atoms with Crippen LogP contribution in [-0.2, 0) is 9.53 Å². The molecule has 2 aromatic carbocycles. The zero-order valence-electron chi connectivity index (χ0n) is 17.9. The van der Waals surface area contributed by atoms with E-state index >= 15 is 0 Å². The number of hydrogen-bond donors (Lipinski definition) is 1. The highest BCUT2D eigenvalue weighted by Gasteiger charge is 2.33. The second-order valence-corrected chi connectivity index (χ2v) is 8.27. The van der Waals surface area contributed by atoms with Crippen LogP contribution in [0.3, 0.4) is 0 Å². The van der Waals surface area contributed by atoms with Crippen molar-refractivity contribution in [3.63, 3.8) is 0 Å². The Kier molecular flexibility index (Phi) is 6.00. The number of aliphatic carboxylic acids is 1. The molecule has 1 aliphatic rings. The number of carboxylic acids is 1. The van der Waals surface area contributed by atoms with Crippen molar-refractivity contribution >= 4 is 11.8 Å². The number of carbonyl (C=O) groups is 1. The van der Waals surface area contributed by atoms with Crippen molar-refractivity contribution < 1.29 is 14.6 Å². The molecule has 160 valence electrons. The normalized spacial score (nSPS) is 16.5. The second kappa shape index (κ2) is 8.86. The quantitative estimate of drug-likeness (QED) is 0.603. The fourth-order valence-corrected chi connectivity index (χ4v) is 3.80. The van der Waals surface area contributed by atoms with Crippen LogP contribution in [0.4, 0.5) is 5.82 Å². The minimum Gasteiger partial charge on any atom is -0.479 e. The van der Waals surface area contributed by atoms with Gasteiger partial charge in [-0.05, 0) is 26.7 Å². The number of aromatic nitrogens is 2. The number of nitrogens with zero attached hydrogens (tertiary/aromatic N) is 3. The van der Waals surface area contributed by atoms with E-state index < -0.39 is 11.6 Å². The summed E-state index contributed by atoms with van der Waals surface area (Å²) < 4.78 is 5.75. The first-order valence-electron chi connectivity index (χ1n) is 10.6. The van der Waals surface area contributed by atoms with Crippen LogP contribution >= 0.6 is 0 Å². The second-order valence-electron chi connectivity index (χ2n) is 8.27. The maximum absolute atomic E-state index is 11.4. The average Bonchev–Trinajstić information content (AvgIpc) is 3.27. The molecule has 0 spiro atoms. The van der Waals surface area contributed by atoms with Crippen LogP contribution in [0.15, 0.2) is 66.9 Å². The van der Waals surface area contributed by atoms with E-state index in [1.165, 1.54) is 0 Å². The largest absolute Gasteiger partial charge is 0.479 e. The predicted octanol–water partition coefficient (Wildman–Crippen LogP) is 4.66. The van der Waals surface area contributed by atoms with Crippen LogP contribution in [0.5, 0.6) is 0 Å². The summed E-state index contributed by atoms with van der Waals surface area (Å²) in [7, 11) is 0. The van der Waals surface area contributed by atoms with Crippen molar-refractivity contribution in [1.29, 1.82) is 0 Å². The highest BCUT2D eigenvalue weighted by atomic mass is 16.5. The minimum absolute atomic E-state index is 0.0686. The SMILES string of the molecule is CC(C)(OCC1CCCN1c1cnc(-c2ccccc2)c(-c2ccccc2)n1)C(=O)O. The Morgan fingerprint density at radius 3 is 2.29 bits per heavy atom. The third-order valence-electron chi connectivity index (χ3n) is 5.68. The van der Waals surface area contributed by atoms with Gasteiger partial charge in [0, 0.05) is 17.7 Å². The lowest BCUT2D eigenvalue weighted by atomic mass is 10.0. The molecule has 1 atom stereocenters. The van der Waals surface area contributed by atoms with Crippen LogP contribution in [0.2, 0.25) is 0 Å². The molecule has 0 radical (unpaired) electrons. The molecule has 0 saturated carbocycles. The maximum Gasteiger partial charge on any atom is 0.335 e. The van der Waals surface area contributed by atoms with Crippen molar-refractivity contribution in [1.82, 2.24) is 9.97 Å². The molecule has 0 amide bonds. The van der Waals surface area contributed by atoms with Gasteiger partial charge in [-0.3, -0.25) is 4.98 Å². The van der Waals surface area contributed by atoms with Crippen LogP contribution in [-0.4, -0.2) is 45.8 Å². The topological polar surface area (TPSA) is 75.5 Å². The van der Waals surface area contributed by atoms with Gasteiger partial charge in [0.1, 0.15) is 5.82 Å². The van der Waals surface area contributed by atoms with Crippen molar-refractivity contribution in [3.05, 3.63) is 66.9 Å². The predicted molar refractivity (Wildman–Crippen MR) is 121 cm³/mol. The zero-order valence-corrected chi connectivity index (χ0v) is 17.9. The molecule has 0 bridgehead atoms. The number of carboxylic acid groups (broad SMARTS) is 1. The van der Waals surface area contributed by atoms with E-state index in [9.17, 15) is 9.90 Å². The molecule has 1 aromatic heterocycles. The van der Waals surface area contributed by atoms with Crippen LogP contribution in [0.25, 0.3) is 22.5 Å². The van der Waals surface area contributed by atoms with Gasteiger partial charge < -0.3 is 14.7 Å². The average molecular weight is 418 g/mol. The van der Waals surface area contributed by atoms with Gasteiger partial charge >= 0.3 is 5.97 Å². The highest BCUT2D eigenvalue weighted by Crippen LogP contribution is 2.32. The van der Waals surface area contributed by atoms with Gasteiger partial charge in [-0.2, -0.15) is 0 Å². The Balaban J connectivity index is 1.67. The zero-order chi connectivity index (χ0) is 21.8. The standard InChI is InChI=1S/C25H27N3O3/c1-25(2,24(29)30)31-17-20-14-9-15-28(20)21-16-26-22(18-10-5-3-6-11-18)23(27-21)19-12-7-4-8-13-19/h3-8,10-13,16,20H,9,14-15,17H2,1-2H3,(H,29,30). The maximum atomic E-state index is 11.4. The van der Waals surface area contributed by atoms with Crippen molar-refractivity contribution in [2.75, 3.05) is 18.1 Å². The Bertz CT molecular complexity index is 1040. The van der Waals surface area contributed by atoms with Gasteiger partial charge in [-0.1, -0.05) is 60.7 Å². The summed E-state index contributed by atoms with van der Waals surface area (Å²) in [6, 6.07) is 20.2. The fraction of sp³-hybridized carbons (Fsp3) is 0.320. The van der Waals surface area contributed by atoms with Crippen LogP contribution in [0, 0.1) is 0 Å². The van der Waals surface area contributed by atoms with Crippen molar-refractivity contribution in [3.8, 4) is 22.5 Å². The summed E-state index contributed by atoms with van der Waals surface area (Å²) >= 11 is 0. The fourth-order valence-electron chi connectivity index (χ4n) is 3.80. The van der Waals surface area contributed by atoms with Gasteiger partial charge in [-0.15, -0.1) is 0 Å². The lowest BCUT2D eigenvalue weighted by Gasteiger charge is -2.29. The first-order valence-corrected chi connectivity index (χ1v) is 10.6. The van der Waals surface area contributed by atoms with Gasteiger partial charge in [0.2, 0.25) is 0 Å². The molecule has 1 aliphatic heterocycles. The molecular formula is C25H27N3O3. The van der Waals surface area contributed by atoms with Gasteiger partial charge in [0.25, 0.3) is 0 Å². The smallest absolute Gasteiger partial charge is 0.335 e. The summed E-state index contributed by atoms with van der Waals surface area (Å²) in [6.07, 6.45) is 3.75. The van der Waals surface area contributed by atoms with Gasteiger partial charge in [-0.25, -0.2) is 9.78 Å². The Labute approximate surface area is 182 Å². The molecule has 1 unspecified atom stereocenters. The van der Waals surface area contributed by atoms with E-state index in [0.29, 0.717) is 6.61 Å².